The number of rotatable bonds is 3. The Morgan fingerprint density at radius 2 is 1.73 bits per heavy atom. The van der Waals surface area contributed by atoms with Crippen LogP contribution in [-0.4, -0.2) is 13.1 Å². The second-order valence-corrected chi connectivity index (χ2v) is 4.32. The van der Waals surface area contributed by atoms with Gasteiger partial charge in [0, 0.05) is 6.04 Å². The molecule has 1 rings (SSSR count). The van der Waals surface area contributed by atoms with Crippen molar-refractivity contribution in [3.63, 3.8) is 0 Å². The molecule has 1 nitrogen and oxygen atoms in total. The summed E-state index contributed by atoms with van der Waals surface area (Å²) in [4.78, 5) is 0. The average Bonchev–Trinajstić information content (AvgIpc) is 2.14. The molecule has 1 aromatic rings. The third kappa shape index (κ3) is 3.52. The Balaban J connectivity index is 2.97. The second kappa shape index (κ2) is 5.13. The number of likely N-dealkylation sites (N-methyl/N-ethyl adjacent to an activating group) is 1. The Morgan fingerprint density at radius 1 is 1.20 bits per heavy atom. The molecule has 0 aromatic heterocycles. The van der Waals surface area contributed by atoms with Crippen molar-refractivity contribution in [2.24, 2.45) is 0 Å². The summed E-state index contributed by atoms with van der Waals surface area (Å²) in [5.41, 5.74) is 5.31. The highest BCUT2D eigenvalue weighted by molar-refractivity contribution is 5.55. The Bertz CT molecular complexity index is 343. The largest absolute Gasteiger partial charge is 0.314 e. The van der Waals surface area contributed by atoms with Crippen LogP contribution in [0.25, 0.3) is 6.08 Å². The second-order valence-electron chi connectivity index (χ2n) is 4.32. The lowest BCUT2D eigenvalue weighted by molar-refractivity contribution is 0.696. The predicted molar refractivity (Wildman–Crippen MR) is 68.1 cm³/mol. The smallest absolute Gasteiger partial charge is 0.0248 e. The predicted octanol–water partition coefficient (Wildman–Crippen LogP) is 3.31. The van der Waals surface area contributed by atoms with E-state index in [1.54, 1.807) is 0 Å². The van der Waals surface area contributed by atoms with Crippen molar-refractivity contribution in [2.45, 2.75) is 33.7 Å². The van der Waals surface area contributed by atoms with Gasteiger partial charge in [0.15, 0.2) is 0 Å². The zero-order chi connectivity index (χ0) is 11.4. The van der Waals surface area contributed by atoms with E-state index in [0.717, 1.165) is 0 Å². The van der Waals surface area contributed by atoms with Gasteiger partial charge in [0.1, 0.15) is 0 Å². The maximum absolute atomic E-state index is 3.25. The average molecular weight is 203 g/mol. The molecule has 1 N–H and O–H groups in total. The van der Waals surface area contributed by atoms with Gasteiger partial charge in [-0.3, -0.25) is 0 Å². The summed E-state index contributed by atoms with van der Waals surface area (Å²) >= 11 is 0. The van der Waals surface area contributed by atoms with E-state index in [2.05, 4.69) is 57.3 Å². The summed E-state index contributed by atoms with van der Waals surface area (Å²) in [6.07, 6.45) is 2.25. The van der Waals surface area contributed by atoms with E-state index < -0.39 is 0 Å². The first-order chi connectivity index (χ1) is 7.02. The summed E-state index contributed by atoms with van der Waals surface area (Å²) in [5.74, 6) is 0. The van der Waals surface area contributed by atoms with E-state index in [0.29, 0.717) is 6.04 Å². The first-order valence-corrected chi connectivity index (χ1v) is 5.46. The summed E-state index contributed by atoms with van der Waals surface area (Å²) < 4.78 is 0. The lowest BCUT2D eigenvalue weighted by Crippen LogP contribution is -2.21. The minimum Gasteiger partial charge on any atom is -0.314 e. The molecule has 15 heavy (non-hydrogen) atoms. The number of benzene rings is 1. The maximum atomic E-state index is 3.25. The van der Waals surface area contributed by atoms with Crippen LogP contribution in [0.4, 0.5) is 0 Å². The van der Waals surface area contributed by atoms with E-state index in [1.807, 2.05) is 7.05 Å². The summed E-state index contributed by atoms with van der Waals surface area (Å²) in [6, 6.07) is 7.08. The van der Waals surface area contributed by atoms with E-state index in [1.165, 1.54) is 22.3 Å². The molecule has 0 aliphatic rings. The first-order valence-electron chi connectivity index (χ1n) is 5.46. The fourth-order valence-corrected chi connectivity index (χ4v) is 1.71. The molecule has 1 heteroatoms. The van der Waals surface area contributed by atoms with Crippen LogP contribution in [0.3, 0.4) is 0 Å². The van der Waals surface area contributed by atoms with Gasteiger partial charge in [-0.1, -0.05) is 41.0 Å². The van der Waals surface area contributed by atoms with Gasteiger partial charge in [-0.05, 0) is 40.3 Å². The third-order valence-electron chi connectivity index (χ3n) is 2.75. The molecule has 1 unspecified atom stereocenters. The molecular weight excluding hydrogens is 182 g/mol. The zero-order valence-corrected chi connectivity index (χ0v) is 10.4. The molecule has 0 saturated heterocycles. The quantitative estimate of drug-likeness (QED) is 0.794. The molecule has 0 radical (unpaired) electrons. The standard InChI is InChI=1S/C14H21N/c1-10-6-11(2)8-14(7-10)9-12(3)13(4)15-5/h6-9,13,15H,1-5H3/b12-9+. The third-order valence-corrected chi connectivity index (χ3v) is 2.75. The normalized spacial score (nSPS) is 14.1. The fourth-order valence-electron chi connectivity index (χ4n) is 1.71. The summed E-state index contributed by atoms with van der Waals surface area (Å²) in [5, 5.41) is 3.25. The van der Waals surface area contributed by atoms with Crippen molar-refractivity contribution >= 4 is 6.08 Å². The van der Waals surface area contributed by atoms with Crippen molar-refractivity contribution < 1.29 is 0 Å². The molecule has 0 heterocycles. The maximum Gasteiger partial charge on any atom is 0.0248 e. The number of aryl methyl sites for hydroxylation is 2. The Kier molecular flexibility index (Phi) is 4.10. The minimum atomic E-state index is 0.436. The van der Waals surface area contributed by atoms with Crippen LogP contribution in [0.2, 0.25) is 0 Å². The Morgan fingerprint density at radius 3 is 2.20 bits per heavy atom. The topological polar surface area (TPSA) is 12.0 Å². The van der Waals surface area contributed by atoms with E-state index >= 15 is 0 Å². The minimum absolute atomic E-state index is 0.436. The summed E-state index contributed by atoms with van der Waals surface area (Å²) in [6.45, 7) is 8.62. The van der Waals surface area contributed by atoms with E-state index in [-0.39, 0.29) is 0 Å². The molecular formula is C14H21N. The van der Waals surface area contributed by atoms with Gasteiger partial charge in [0.25, 0.3) is 0 Å². The lowest BCUT2D eigenvalue weighted by atomic mass is 10.0. The van der Waals surface area contributed by atoms with Crippen LogP contribution in [0.5, 0.6) is 0 Å². The lowest BCUT2D eigenvalue weighted by Gasteiger charge is -2.11. The molecule has 0 bridgehead atoms. The highest BCUT2D eigenvalue weighted by Gasteiger charge is 2.00. The van der Waals surface area contributed by atoms with Gasteiger partial charge in [-0.2, -0.15) is 0 Å². The number of hydrogen-bond acceptors (Lipinski definition) is 1. The molecule has 0 aliphatic carbocycles. The van der Waals surface area contributed by atoms with Crippen LogP contribution in [-0.2, 0) is 0 Å². The number of nitrogens with one attached hydrogen (secondary N) is 1. The molecule has 1 aromatic carbocycles. The Hall–Kier alpha value is -1.08. The van der Waals surface area contributed by atoms with Crippen LogP contribution >= 0.6 is 0 Å². The molecule has 82 valence electrons. The van der Waals surface area contributed by atoms with Gasteiger partial charge < -0.3 is 5.32 Å². The highest BCUT2D eigenvalue weighted by atomic mass is 14.8. The van der Waals surface area contributed by atoms with Crippen LogP contribution in [0.15, 0.2) is 23.8 Å². The molecule has 0 fully saturated rings. The van der Waals surface area contributed by atoms with Crippen LogP contribution < -0.4 is 5.32 Å². The number of hydrogen-bond donors (Lipinski definition) is 1. The van der Waals surface area contributed by atoms with Gasteiger partial charge in [-0.15, -0.1) is 0 Å². The summed E-state index contributed by atoms with van der Waals surface area (Å²) in [7, 11) is 1.99. The first kappa shape index (κ1) is 12.0. The van der Waals surface area contributed by atoms with E-state index in [4.69, 9.17) is 0 Å². The highest BCUT2D eigenvalue weighted by Crippen LogP contribution is 2.13. The molecule has 0 spiro atoms. The van der Waals surface area contributed by atoms with Crippen molar-refractivity contribution in [3.8, 4) is 0 Å². The van der Waals surface area contributed by atoms with Gasteiger partial charge in [0.05, 0.1) is 0 Å². The molecule has 0 amide bonds. The van der Waals surface area contributed by atoms with Gasteiger partial charge in [0.2, 0.25) is 0 Å². The fraction of sp³-hybridized carbons (Fsp3) is 0.429. The van der Waals surface area contributed by atoms with Crippen molar-refractivity contribution in [2.75, 3.05) is 7.05 Å². The Labute approximate surface area is 93.2 Å². The molecule has 0 saturated carbocycles. The van der Waals surface area contributed by atoms with Crippen molar-refractivity contribution in [1.29, 1.82) is 0 Å². The van der Waals surface area contributed by atoms with Crippen molar-refractivity contribution in [3.05, 3.63) is 40.5 Å². The van der Waals surface area contributed by atoms with Gasteiger partial charge in [-0.25, -0.2) is 0 Å². The van der Waals surface area contributed by atoms with Crippen LogP contribution in [0.1, 0.15) is 30.5 Å². The van der Waals surface area contributed by atoms with Crippen molar-refractivity contribution in [1.82, 2.24) is 5.32 Å². The van der Waals surface area contributed by atoms with Gasteiger partial charge >= 0.3 is 0 Å². The monoisotopic (exact) mass is 203 g/mol. The molecule has 1 atom stereocenters. The zero-order valence-electron chi connectivity index (χ0n) is 10.4. The van der Waals surface area contributed by atoms with Crippen LogP contribution in [0, 0.1) is 13.8 Å². The molecule has 0 aliphatic heterocycles. The van der Waals surface area contributed by atoms with E-state index in [9.17, 15) is 0 Å². The SMILES string of the molecule is CNC(C)/C(C)=C/c1cc(C)cc(C)c1.